The van der Waals surface area contributed by atoms with Gasteiger partial charge < -0.3 is 9.84 Å². The van der Waals surface area contributed by atoms with Gasteiger partial charge in [0, 0.05) is 11.1 Å². The van der Waals surface area contributed by atoms with Gasteiger partial charge in [-0.2, -0.15) is 4.98 Å². The van der Waals surface area contributed by atoms with Crippen LogP contribution in [0.1, 0.15) is 40.3 Å². The summed E-state index contributed by atoms with van der Waals surface area (Å²) in [5, 5.41) is 6.91. The van der Waals surface area contributed by atoms with Crippen LogP contribution in [0.25, 0.3) is 11.4 Å². The summed E-state index contributed by atoms with van der Waals surface area (Å²) in [4.78, 5) is 16.7. The number of rotatable bonds is 4. The highest BCUT2D eigenvalue weighted by molar-refractivity contribution is 5.94. The highest BCUT2D eigenvalue weighted by Crippen LogP contribution is 2.22. The molecule has 1 heterocycles. The van der Waals surface area contributed by atoms with Crippen molar-refractivity contribution in [2.75, 3.05) is 0 Å². The predicted octanol–water partition coefficient (Wildman–Crippen LogP) is 3.84. The number of aryl methyl sites for hydroxylation is 2. The highest BCUT2D eigenvalue weighted by atomic mass is 16.5. The summed E-state index contributed by atoms with van der Waals surface area (Å²) in [5.41, 5.74) is 3.64. The molecule has 1 unspecified atom stereocenters. The minimum atomic E-state index is -0.372. The van der Waals surface area contributed by atoms with Crippen LogP contribution in [-0.2, 0) is 0 Å². The lowest BCUT2D eigenvalue weighted by molar-refractivity contribution is 0.0932. The van der Waals surface area contributed by atoms with Gasteiger partial charge in [0.1, 0.15) is 6.04 Å². The van der Waals surface area contributed by atoms with Crippen LogP contribution in [0.3, 0.4) is 0 Å². The number of hydrogen-bond donors (Lipinski definition) is 1. The van der Waals surface area contributed by atoms with E-state index in [0.29, 0.717) is 17.3 Å². The predicted molar refractivity (Wildman–Crippen MR) is 91.5 cm³/mol. The number of aromatic nitrogens is 2. The molecule has 0 radical (unpaired) electrons. The fraction of sp³-hybridized carbons (Fsp3) is 0.211. The van der Waals surface area contributed by atoms with Crippen molar-refractivity contribution in [3.8, 4) is 11.4 Å². The van der Waals surface area contributed by atoms with Gasteiger partial charge in [-0.3, -0.25) is 4.79 Å². The Morgan fingerprint density at radius 3 is 2.67 bits per heavy atom. The van der Waals surface area contributed by atoms with Gasteiger partial charge in [-0.1, -0.05) is 47.1 Å². The normalized spacial score (nSPS) is 12.0. The van der Waals surface area contributed by atoms with E-state index in [1.807, 2.05) is 63.2 Å². The van der Waals surface area contributed by atoms with Crippen molar-refractivity contribution in [1.82, 2.24) is 15.5 Å². The molecule has 0 saturated heterocycles. The molecule has 5 heteroatoms. The van der Waals surface area contributed by atoms with E-state index in [-0.39, 0.29) is 11.9 Å². The monoisotopic (exact) mass is 321 g/mol. The molecule has 0 aliphatic heterocycles. The molecule has 0 aliphatic rings. The molecule has 1 aromatic heterocycles. The fourth-order valence-electron chi connectivity index (χ4n) is 2.47. The number of carbonyl (C=O) groups is 1. The molecule has 1 N–H and O–H groups in total. The molecule has 1 amide bonds. The first-order valence-electron chi connectivity index (χ1n) is 7.82. The van der Waals surface area contributed by atoms with Crippen LogP contribution in [0.5, 0.6) is 0 Å². The first kappa shape index (κ1) is 15.9. The Kier molecular flexibility index (Phi) is 4.42. The Morgan fingerprint density at radius 2 is 1.92 bits per heavy atom. The molecule has 0 spiro atoms. The summed E-state index contributed by atoms with van der Waals surface area (Å²) in [6.45, 7) is 5.77. The lowest BCUT2D eigenvalue weighted by Gasteiger charge is -2.10. The van der Waals surface area contributed by atoms with Crippen LogP contribution in [0.2, 0.25) is 0 Å². The lowest BCUT2D eigenvalue weighted by Crippen LogP contribution is -2.26. The van der Waals surface area contributed by atoms with Crippen molar-refractivity contribution in [3.63, 3.8) is 0 Å². The number of hydrogen-bond acceptors (Lipinski definition) is 4. The number of nitrogens with one attached hydrogen (secondary N) is 1. The zero-order valence-electron chi connectivity index (χ0n) is 13.9. The van der Waals surface area contributed by atoms with Gasteiger partial charge in [0.25, 0.3) is 5.91 Å². The molecule has 122 valence electrons. The van der Waals surface area contributed by atoms with E-state index >= 15 is 0 Å². The largest absolute Gasteiger partial charge is 0.341 e. The topological polar surface area (TPSA) is 68.0 Å². The maximum Gasteiger partial charge on any atom is 0.251 e. The second-order valence-electron chi connectivity index (χ2n) is 5.84. The minimum Gasteiger partial charge on any atom is -0.341 e. The summed E-state index contributed by atoms with van der Waals surface area (Å²) < 4.78 is 5.32. The van der Waals surface area contributed by atoms with E-state index in [0.717, 1.165) is 16.7 Å². The Labute approximate surface area is 140 Å². The summed E-state index contributed by atoms with van der Waals surface area (Å²) in [6.07, 6.45) is 0. The van der Waals surface area contributed by atoms with Gasteiger partial charge in [-0.25, -0.2) is 0 Å². The third kappa shape index (κ3) is 3.35. The van der Waals surface area contributed by atoms with E-state index in [1.165, 1.54) is 0 Å². The van der Waals surface area contributed by atoms with Gasteiger partial charge in [0.2, 0.25) is 11.7 Å². The highest BCUT2D eigenvalue weighted by Gasteiger charge is 2.18. The van der Waals surface area contributed by atoms with Gasteiger partial charge in [0.15, 0.2) is 0 Å². The summed E-state index contributed by atoms with van der Waals surface area (Å²) in [5.74, 6) is 0.746. The van der Waals surface area contributed by atoms with Gasteiger partial charge in [0.05, 0.1) is 0 Å². The van der Waals surface area contributed by atoms with Crippen LogP contribution < -0.4 is 5.32 Å². The second-order valence-corrected chi connectivity index (χ2v) is 5.84. The first-order valence-corrected chi connectivity index (χ1v) is 7.82. The van der Waals surface area contributed by atoms with Crippen LogP contribution in [0.15, 0.2) is 53.1 Å². The van der Waals surface area contributed by atoms with Crippen LogP contribution >= 0.6 is 0 Å². The molecule has 5 nitrogen and oxygen atoms in total. The van der Waals surface area contributed by atoms with E-state index in [1.54, 1.807) is 6.07 Å². The molecule has 0 fully saturated rings. The van der Waals surface area contributed by atoms with Crippen molar-refractivity contribution in [3.05, 3.63) is 71.1 Å². The molecular weight excluding hydrogens is 302 g/mol. The van der Waals surface area contributed by atoms with Gasteiger partial charge in [-0.15, -0.1) is 0 Å². The quantitative estimate of drug-likeness (QED) is 0.792. The maximum absolute atomic E-state index is 12.3. The van der Waals surface area contributed by atoms with E-state index in [4.69, 9.17) is 4.52 Å². The molecule has 0 bridgehead atoms. The Balaban J connectivity index is 1.75. The number of amides is 1. The average molecular weight is 321 g/mol. The fourth-order valence-corrected chi connectivity index (χ4v) is 2.47. The van der Waals surface area contributed by atoms with E-state index in [9.17, 15) is 4.79 Å². The molecule has 0 aliphatic carbocycles. The zero-order chi connectivity index (χ0) is 17.1. The molecule has 0 saturated carbocycles. The van der Waals surface area contributed by atoms with E-state index in [2.05, 4.69) is 15.5 Å². The van der Waals surface area contributed by atoms with Crippen molar-refractivity contribution in [2.45, 2.75) is 26.8 Å². The van der Waals surface area contributed by atoms with Gasteiger partial charge >= 0.3 is 0 Å². The third-order valence-electron chi connectivity index (χ3n) is 3.83. The lowest BCUT2D eigenvalue weighted by atomic mass is 10.1. The van der Waals surface area contributed by atoms with Crippen molar-refractivity contribution in [1.29, 1.82) is 0 Å². The second kappa shape index (κ2) is 6.66. The zero-order valence-corrected chi connectivity index (χ0v) is 13.9. The summed E-state index contributed by atoms with van der Waals surface area (Å²) >= 11 is 0. The van der Waals surface area contributed by atoms with Crippen molar-refractivity contribution < 1.29 is 9.32 Å². The Hall–Kier alpha value is -2.95. The molecule has 2 aromatic carbocycles. The SMILES string of the molecule is Cc1cccc(C(=O)NC(C)c2nc(-c3ccccc3C)no2)c1. The van der Waals surface area contributed by atoms with Crippen LogP contribution in [-0.4, -0.2) is 16.0 Å². The third-order valence-corrected chi connectivity index (χ3v) is 3.83. The Bertz CT molecular complexity index is 870. The summed E-state index contributed by atoms with van der Waals surface area (Å²) in [6, 6.07) is 14.9. The maximum atomic E-state index is 12.3. The molecule has 3 rings (SSSR count). The molecular formula is C19H19N3O2. The molecule has 3 aromatic rings. The minimum absolute atomic E-state index is 0.165. The Morgan fingerprint density at radius 1 is 1.12 bits per heavy atom. The number of carbonyl (C=O) groups excluding carboxylic acids is 1. The van der Waals surface area contributed by atoms with E-state index < -0.39 is 0 Å². The molecule has 24 heavy (non-hydrogen) atoms. The average Bonchev–Trinajstić information content (AvgIpc) is 3.05. The standard InChI is InChI=1S/C19H19N3O2/c1-12-7-6-9-15(11-12)18(23)20-14(3)19-21-17(22-24-19)16-10-5-4-8-13(16)2/h4-11,14H,1-3H3,(H,20,23). The van der Waals surface area contributed by atoms with Crippen LogP contribution in [0.4, 0.5) is 0 Å². The smallest absolute Gasteiger partial charge is 0.251 e. The molecule has 1 atom stereocenters. The van der Waals surface area contributed by atoms with Gasteiger partial charge in [-0.05, 0) is 38.5 Å². The van der Waals surface area contributed by atoms with Crippen molar-refractivity contribution in [2.24, 2.45) is 0 Å². The van der Waals surface area contributed by atoms with Crippen LogP contribution in [0, 0.1) is 13.8 Å². The summed E-state index contributed by atoms with van der Waals surface area (Å²) in [7, 11) is 0. The number of nitrogens with zero attached hydrogens (tertiary/aromatic N) is 2. The number of benzene rings is 2. The van der Waals surface area contributed by atoms with Crippen molar-refractivity contribution >= 4 is 5.91 Å². The first-order chi connectivity index (χ1) is 11.5.